The fourth-order valence-electron chi connectivity index (χ4n) is 5.26. The fraction of sp³-hybridized carbons (Fsp3) is 0.520. The largest absolute Gasteiger partial charge is 0.369 e. The SMILES string of the molecule is CC1CC(S(C)(=O)=O)CCN1c1ccc(CN2[C@@H](C)CCC(c3ccccc3)S2(=O)=O)c(F)c1. The van der Waals surface area contributed by atoms with Gasteiger partial charge in [-0.1, -0.05) is 36.4 Å². The van der Waals surface area contributed by atoms with Crippen molar-refractivity contribution in [1.29, 1.82) is 0 Å². The average Bonchev–Trinajstić information content (AvgIpc) is 2.77. The van der Waals surface area contributed by atoms with Gasteiger partial charge in [-0.15, -0.1) is 0 Å². The Kier molecular flexibility index (Phi) is 7.09. The molecule has 4 rings (SSSR count). The molecule has 2 heterocycles. The van der Waals surface area contributed by atoms with Gasteiger partial charge in [-0.2, -0.15) is 4.31 Å². The van der Waals surface area contributed by atoms with Gasteiger partial charge in [0.05, 0.1) is 5.25 Å². The molecule has 186 valence electrons. The lowest BCUT2D eigenvalue weighted by Crippen LogP contribution is -2.45. The maximum Gasteiger partial charge on any atom is 0.221 e. The summed E-state index contributed by atoms with van der Waals surface area (Å²) in [5.41, 5.74) is 1.80. The zero-order chi connectivity index (χ0) is 24.7. The van der Waals surface area contributed by atoms with Gasteiger partial charge < -0.3 is 4.90 Å². The van der Waals surface area contributed by atoms with Crippen LogP contribution in [0.25, 0.3) is 0 Å². The minimum atomic E-state index is -3.64. The number of piperidine rings is 1. The Balaban J connectivity index is 1.53. The van der Waals surface area contributed by atoms with Gasteiger partial charge >= 0.3 is 0 Å². The van der Waals surface area contributed by atoms with Crippen LogP contribution in [0.1, 0.15) is 55.9 Å². The summed E-state index contributed by atoms with van der Waals surface area (Å²) >= 11 is 0. The summed E-state index contributed by atoms with van der Waals surface area (Å²) in [6.45, 7) is 4.35. The van der Waals surface area contributed by atoms with Crippen molar-refractivity contribution in [1.82, 2.24) is 4.31 Å². The summed E-state index contributed by atoms with van der Waals surface area (Å²) in [6.07, 6.45) is 3.55. The highest BCUT2D eigenvalue weighted by molar-refractivity contribution is 7.91. The van der Waals surface area contributed by atoms with Crippen molar-refractivity contribution in [3.8, 4) is 0 Å². The molecular weight excluding hydrogens is 475 g/mol. The van der Waals surface area contributed by atoms with Crippen molar-refractivity contribution < 1.29 is 21.2 Å². The van der Waals surface area contributed by atoms with Gasteiger partial charge in [0.25, 0.3) is 0 Å². The van der Waals surface area contributed by atoms with Crippen molar-refractivity contribution in [3.63, 3.8) is 0 Å². The molecule has 0 aromatic heterocycles. The first-order valence-electron chi connectivity index (χ1n) is 11.8. The number of sulfone groups is 1. The van der Waals surface area contributed by atoms with Crippen LogP contribution in [0, 0.1) is 5.82 Å². The second kappa shape index (κ2) is 9.59. The summed E-state index contributed by atoms with van der Waals surface area (Å²) in [5, 5.41) is -0.990. The zero-order valence-corrected chi connectivity index (χ0v) is 21.5. The van der Waals surface area contributed by atoms with Crippen molar-refractivity contribution in [2.24, 2.45) is 0 Å². The molecule has 3 unspecified atom stereocenters. The van der Waals surface area contributed by atoms with E-state index in [0.29, 0.717) is 43.5 Å². The van der Waals surface area contributed by atoms with E-state index in [4.69, 9.17) is 0 Å². The Morgan fingerprint density at radius 3 is 2.32 bits per heavy atom. The minimum Gasteiger partial charge on any atom is -0.369 e. The van der Waals surface area contributed by atoms with E-state index in [1.54, 1.807) is 6.07 Å². The lowest BCUT2D eigenvalue weighted by molar-refractivity contribution is 0.279. The van der Waals surface area contributed by atoms with Crippen LogP contribution in [0.4, 0.5) is 10.1 Å². The lowest BCUT2D eigenvalue weighted by atomic mass is 10.0. The summed E-state index contributed by atoms with van der Waals surface area (Å²) in [5.74, 6) is -0.445. The number of hydrogen-bond acceptors (Lipinski definition) is 5. The lowest BCUT2D eigenvalue weighted by Gasteiger charge is -2.39. The molecular formula is C25H33FN2O4S2. The summed E-state index contributed by atoms with van der Waals surface area (Å²) in [6, 6.07) is 13.9. The van der Waals surface area contributed by atoms with Crippen LogP contribution in [-0.4, -0.2) is 51.3 Å². The third-order valence-electron chi connectivity index (χ3n) is 7.32. The van der Waals surface area contributed by atoms with Gasteiger partial charge in [0, 0.05) is 42.7 Å². The van der Waals surface area contributed by atoms with Gasteiger partial charge in [0.15, 0.2) is 0 Å². The van der Waals surface area contributed by atoms with Crippen LogP contribution in [0.15, 0.2) is 48.5 Å². The number of anilines is 1. The van der Waals surface area contributed by atoms with Crippen LogP contribution in [0.3, 0.4) is 0 Å². The topological polar surface area (TPSA) is 74.8 Å². The molecule has 0 spiro atoms. The number of rotatable bonds is 5. The molecule has 0 amide bonds. The first-order chi connectivity index (χ1) is 16.0. The van der Waals surface area contributed by atoms with Crippen LogP contribution < -0.4 is 4.90 Å². The molecule has 6 nitrogen and oxygen atoms in total. The summed E-state index contributed by atoms with van der Waals surface area (Å²) in [7, 11) is -6.74. The number of sulfonamides is 1. The summed E-state index contributed by atoms with van der Waals surface area (Å²) in [4.78, 5) is 2.03. The van der Waals surface area contributed by atoms with Crippen LogP contribution >= 0.6 is 0 Å². The molecule has 2 aromatic carbocycles. The van der Waals surface area contributed by atoms with Crippen molar-refractivity contribution in [2.45, 2.75) is 68.7 Å². The Morgan fingerprint density at radius 2 is 1.71 bits per heavy atom. The Morgan fingerprint density at radius 1 is 1.00 bits per heavy atom. The van der Waals surface area contributed by atoms with Gasteiger partial charge in [-0.05, 0) is 57.2 Å². The molecule has 0 N–H and O–H groups in total. The predicted octanol–water partition coefficient (Wildman–Crippen LogP) is 4.28. The average molecular weight is 509 g/mol. The molecule has 2 saturated heterocycles. The van der Waals surface area contributed by atoms with E-state index in [2.05, 4.69) is 0 Å². The summed E-state index contributed by atoms with van der Waals surface area (Å²) < 4.78 is 67.4. The highest BCUT2D eigenvalue weighted by Crippen LogP contribution is 2.38. The van der Waals surface area contributed by atoms with Gasteiger partial charge in [-0.25, -0.2) is 21.2 Å². The maximum absolute atomic E-state index is 15.2. The van der Waals surface area contributed by atoms with Crippen LogP contribution in [-0.2, 0) is 26.4 Å². The molecule has 34 heavy (non-hydrogen) atoms. The van der Waals surface area contributed by atoms with E-state index in [-0.39, 0.29) is 23.9 Å². The standard InChI is InChI=1S/C25H33FN2O4S2/c1-18-9-12-25(20-7-5-4-6-8-20)34(31,32)28(18)17-21-10-11-22(16-24(21)26)27-14-13-23(15-19(27)2)33(3,29)30/h4-8,10-11,16,18-19,23,25H,9,12-15,17H2,1-3H3/t18-,19?,23?,25?/m0/s1. The maximum atomic E-state index is 15.2. The molecule has 0 bridgehead atoms. The number of benzene rings is 2. The van der Waals surface area contributed by atoms with E-state index >= 15 is 4.39 Å². The third-order valence-corrected chi connectivity index (χ3v) is 11.3. The van der Waals surface area contributed by atoms with E-state index in [9.17, 15) is 16.8 Å². The molecule has 0 saturated carbocycles. The van der Waals surface area contributed by atoms with Crippen LogP contribution in [0.5, 0.6) is 0 Å². The molecule has 0 radical (unpaired) electrons. The van der Waals surface area contributed by atoms with Gasteiger partial charge in [0.1, 0.15) is 20.9 Å². The fourth-order valence-corrected chi connectivity index (χ4v) is 8.61. The van der Waals surface area contributed by atoms with Crippen molar-refractivity contribution >= 4 is 25.5 Å². The second-order valence-corrected chi connectivity index (χ2v) is 14.1. The Bertz CT molecular complexity index is 1230. The number of nitrogens with zero attached hydrogens (tertiary/aromatic N) is 2. The van der Waals surface area contributed by atoms with Crippen molar-refractivity contribution in [2.75, 3.05) is 17.7 Å². The van der Waals surface area contributed by atoms with Crippen molar-refractivity contribution in [3.05, 3.63) is 65.5 Å². The Hall–Kier alpha value is -1.97. The molecule has 0 aliphatic carbocycles. The highest BCUT2D eigenvalue weighted by atomic mass is 32.2. The molecule has 2 aliphatic heterocycles. The smallest absolute Gasteiger partial charge is 0.221 e. The van der Waals surface area contributed by atoms with Crippen LogP contribution in [0.2, 0.25) is 0 Å². The number of hydrogen-bond donors (Lipinski definition) is 0. The molecule has 9 heteroatoms. The van der Waals surface area contributed by atoms with E-state index in [1.165, 1.54) is 16.6 Å². The predicted molar refractivity (Wildman–Crippen MR) is 133 cm³/mol. The molecule has 2 fully saturated rings. The number of halogens is 1. The van der Waals surface area contributed by atoms with E-state index in [1.807, 2.05) is 55.1 Å². The molecule has 2 aromatic rings. The quantitative estimate of drug-likeness (QED) is 0.603. The first kappa shape index (κ1) is 25.1. The van der Waals surface area contributed by atoms with E-state index in [0.717, 1.165) is 5.56 Å². The normalized spacial score (nSPS) is 28.1. The third kappa shape index (κ3) is 5.02. The zero-order valence-electron chi connectivity index (χ0n) is 19.9. The minimum absolute atomic E-state index is 0.00927. The van der Waals surface area contributed by atoms with Gasteiger partial charge in [-0.3, -0.25) is 0 Å². The van der Waals surface area contributed by atoms with Gasteiger partial charge in [0.2, 0.25) is 10.0 Å². The molecule has 2 aliphatic rings. The monoisotopic (exact) mass is 508 g/mol. The first-order valence-corrected chi connectivity index (χ1v) is 15.2. The van der Waals surface area contributed by atoms with E-state index < -0.39 is 30.9 Å². The second-order valence-electron chi connectivity index (χ2n) is 9.71. The Labute approximate surface area is 202 Å². The molecule has 4 atom stereocenters. The highest BCUT2D eigenvalue weighted by Gasteiger charge is 2.40.